The number of carbonyl (C=O) groups excluding carboxylic acids is 2. The summed E-state index contributed by atoms with van der Waals surface area (Å²) in [7, 11) is 0. The number of amides is 1. The Morgan fingerprint density at radius 1 is 1.30 bits per heavy atom. The summed E-state index contributed by atoms with van der Waals surface area (Å²) < 4.78 is 11.2. The van der Waals surface area contributed by atoms with E-state index in [1.807, 2.05) is 0 Å². The number of aryl methyl sites for hydroxylation is 1. The van der Waals surface area contributed by atoms with Crippen LogP contribution in [0.4, 0.5) is 5.82 Å². The van der Waals surface area contributed by atoms with E-state index in [2.05, 4.69) is 28.0 Å². The molecule has 1 amide bonds. The summed E-state index contributed by atoms with van der Waals surface area (Å²) in [6, 6.07) is 5.90. The number of esters is 1. The van der Waals surface area contributed by atoms with Crippen LogP contribution in [0.3, 0.4) is 0 Å². The second kappa shape index (κ2) is 9.58. The van der Waals surface area contributed by atoms with Gasteiger partial charge in [-0.25, -0.2) is 0 Å². The molecule has 2 aromatic rings. The maximum atomic E-state index is 13.5. The standard InChI is InChI=1S/C25H33N3O4S/c1-17-13-22(27-32-17)26-23(29)16-28-11-8-19-18(15-28)14-20(19)31-24(30)25(21-7-6-12-33-21)9-4-2-3-5-10-25/h6-7,12-13,18-20H,2-5,8-11,14-16H2,1H3,(H,26,27,29)/p+1/t18?,19?,20-/m0/s1. The van der Waals surface area contributed by atoms with Gasteiger partial charge in [0.2, 0.25) is 0 Å². The maximum absolute atomic E-state index is 13.5. The SMILES string of the molecule is Cc1cc(NC(=O)C[NH+]2CCC3C(C[C@@H]3OC(=O)C3(c4cccs4)CCCCCC3)C2)no1. The molecule has 0 radical (unpaired) electrons. The van der Waals surface area contributed by atoms with Gasteiger partial charge in [0.15, 0.2) is 12.4 Å². The highest BCUT2D eigenvalue weighted by atomic mass is 32.1. The van der Waals surface area contributed by atoms with Crippen LogP contribution in [0.2, 0.25) is 0 Å². The first-order valence-electron chi connectivity index (χ1n) is 12.4. The Labute approximate surface area is 198 Å². The molecule has 7 nitrogen and oxygen atoms in total. The molecule has 2 aliphatic carbocycles. The lowest BCUT2D eigenvalue weighted by Crippen LogP contribution is -3.15. The number of ether oxygens (including phenoxy) is 1. The molecule has 0 spiro atoms. The summed E-state index contributed by atoms with van der Waals surface area (Å²) in [5.74, 6) is 2.09. The molecule has 178 valence electrons. The van der Waals surface area contributed by atoms with Crippen LogP contribution in [0.1, 0.15) is 62.0 Å². The van der Waals surface area contributed by atoms with E-state index in [0.717, 1.165) is 51.6 Å². The summed E-state index contributed by atoms with van der Waals surface area (Å²) in [6.45, 7) is 4.12. The van der Waals surface area contributed by atoms with E-state index in [9.17, 15) is 9.59 Å². The predicted molar refractivity (Wildman–Crippen MR) is 125 cm³/mol. The van der Waals surface area contributed by atoms with Crippen molar-refractivity contribution in [3.05, 3.63) is 34.2 Å². The first-order valence-corrected chi connectivity index (χ1v) is 13.2. The number of likely N-dealkylation sites (tertiary alicyclic amines) is 1. The highest BCUT2D eigenvalue weighted by molar-refractivity contribution is 7.10. The second-order valence-electron chi connectivity index (χ2n) is 10.1. The Balaban J connectivity index is 1.14. The Hall–Kier alpha value is -2.19. The number of nitrogens with zero attached hydrogens (tertiary/aromatic N) is 1. The Kier molecular flexibility index (Phi) is 6.56. The van der Waals surface area contributed by atoms with Gasteiger partial charge < -0.3 is 19.5 Å². The molecule has 1 aliphatic heterocycles. The van der Waals surface area contributed by atoms with Gasteiger partial charge >= 0.3 is 5.97 Å². The number of quaternary nitrogens is 1. The fraction of sp³-hybridized carbons (Fsp3) is 0.640. The van der Waals surface area contributed by atoms with Crippen molar-refractivity contribution in [2.75, 3.05) is 25.0 Å². The molecule has 33 heavy (non-hydrogen) atoms. The van der Waals surface area contributed by atoms with Gasteiger partial charge in [-0.1, -0.05) is 36.9 Å². The number of piperidine rings is 1. The molecule has 2 saturated carbocycles. The molecule has 3 unspecified atom stereocenters. The zero-order chi connectivity index (χ0) is 22.8. The smallest absolute Gasteiger partial charge is 0.317 e. The fourth-order valence-electron chi connectivity index (χ4n) is 6.08. The Bertz CT molecular complexity index is 964. The molecular weight excluding hydrogens is 438 g/mol. The normalized spacial score (nSPS) is 28.8. The van der Waals surface area contributed by atoms with E-state index in [0.29, 0.717) is 30.0 Å². The minimum atomic E-state index is -0.445. The molecule has 0 aromatic carbocycles. The van der Waals surface area contributed by atoms with Crippen LogP contribution in [0, 0.1) is 18.8 Å². The molecule has 4 atom stereocenters. The first-order chi connectivity index (χ1) is 16.0. The zero-order valence-electron chi connectivity index (χ0n) is 19.3. The number of fused-ring (bicyclic) bond motifs is 1. The van der Waals surface area contributed by atoms with Crippen LogP contribution >= 0.6 is 11.3 Å². The molecule has 2 N–H and O–H groups in total. The van der Waals surface area contributed by atoms with Gasteiger partial charge in [-0.2, -0.15) is 0 Å². The van der Waals surface area contributed by atoms with Crippen molar-refractivity contribution < 1.29 is 23.7 Å². The van der Waals surface area contributed by atoms with Crippen molar-refractivity contribution in [1.29, 1.82) is 0 Å². The van der Waals surface area contributed by atoms with Crippen molar-refractivity contribution in [2.45, 2.75) is 69.8 Å². The van der Waals surface area contributed by atoms with E-state index >= 15 is 0 Å². The van der Waals surface area contributed by atoms with Crippen molar-refractivity contribution in [3.63, 3.8) is 0 Å². The Morgan fingerprint density at radius 2 is 2.12 bits per heavy atom. The van der Waals surface area contributed by atoms with Crippen molar-refractivity contribution in [2.24, 2.45) is 11.8 Å². The lowest BCUT2D eigenvalue weighted by molar-refractivity contribution is -0.904. The minimum Gasteiger partial charge on any atom is -0.461 e. The summed E-state index contributed by atoms with van der Waals surface area (Å²) in [6.07, 6.45) is 8.38. The van der Waals surface area contributed by atoms with Crippen LogP contribution in [0.15, 0.2) is 28.1 Å². The molecule has 5 rings (SSSR count). The topological polar surface area (TPSA) is 85.9 Å². The third-order valence-corrected chi connectivity index (χ3v) is 8.98. The minimum absolute atomic E-state index is 0.00681. The number of hydrogen-bond donors (Lipinski definition) is 2. The van der Waals surface area contributed by atoms with Crippen LogP contribution in [0.5, 0.6) is 0 Å². The highest BCUT2D eigenvalue weighted by Crippen LogP contribution is 2.45. The van der Waals surface area contributed by atoms with Gasteiger partial charge in [0.1, 0.15) is 17.3 Å². The van der Waals surface area contributed by atoms with E-state index in [1.165, 1.54) is 22.6 Å². The average Bonchev–Trinajstić information content (AvgIpc) is 3.39. The van der Waals surface area contributed by atoms with Gasteiger partial charge in [-0.15, -0.1) is 11.3 Å². The molecule has 0 bridgehead atoms. The van der Waals surface area contributed by atoms with Gasteiger partial charge in [0.25, 0.3) is 5.91 Å². The largest absolute Gasteiger partial charge is 0.461 e. The molecule has 2 aromatic heterocycles. The van der Waals surface area contributed by atoms with Crippen molar-refractivity contribution >= 4 is 29.0 Å². The summed E-state index contributed by atoms with van der Waals surface area (Å²) in [4.78, 5) is 28.4. The average molecular weight is 473 g/mol. The van der Waals surface area contributed by atoms with Crippen LogP contribution in [-0.4, -0.2) is 42.8 Å². The third kappa shape index (κ3) is 4.73. The number of aromatic nitrogens is 1. The number of anilines is 1. The molecule has 3 fully saturated rings. The number of thiophene rings is 1. The Morgan fingerprint density at radius 3 is 2.79 bits per heavy atom. The molecule has 3 heterocycles. The van der Waals surface area contributed by atoms with Gasteiger partial charge in [-0.05, 0) is 37.6 Å². The molecule has 1 saturated heterocycles. The van der Waals surface area contributed by atoms with Crippen LogP contribution < -0.4 is 10.2 Å². The van der Waals surface area contributed by atoms with Crippen LogP contribution in [-0.2, 0) is 19.7 Å². The highest BCUT2D eigenvalue weighted by Gasteiger charge is 2.51. The molecular formula is C25H34N3O4S+. The monoisotopic (exact) mass is 472 g/mol. The number of nitrogens with one attached hydrogen (secondary N) is 2. The number of hydrogen-bond acceptors (Lipinski definition) is 6. The van der Waals surface area contributed by atoms with E-state index in [4.69, 9.17) is 9.26 Å². The van der Waals surface area contributed by atoms with Crippen molar-refractivity contribution in [3.8, 4) is 0 Å². The predicted octanol–water partition coefficient (Wildman–Crippen LogP) is 3.11. The number of carbonyl (C=O) groups is 2. The van der Waals surface area contributed by atoms with Gasteiger partial charge in [0.05, 0.1) is 13.1 Å². The second-order valence-corrected chi connectivity index (χ2v) is 11.1. The molecule has 3 aliphatic rings. The van der Waals surface area contributed by atoms with Crippen LogP contribution in [0.25, 0.3) is 0 Å². The maximum Gasteiger partial charge on any atom is 0.317 e. The quantitative estimate of drug-likeness (QED) is 0.498. The summed E-state index contributed by atoms with van der Waals surface area (Å²) in [5.41, 5.74) is -0.445. The van der Waals surface area contributed by atoms with Gasteiger partial charge in [0, 0.05) is 29.2 Å². The summed E-state index contributed by atoms with van der Waals surface area (Å²) in [5, 5.41) is 8.72. The fourth-order valence-corrected chi connectivity index (χ4v) is 7.05. The summed E-state index contributed by atoms with van der Waals surface area (Å²) >= 11 is 1.70. The third-order valence-electron chi connectivity index (χ3n) is 7.91. The number of rotatable bonds is 6. The van der Waals surface area contributed by atoms with E-state index in [1.54, 1.807) is 24.3 Å². The first kappa shape index (κ1) is 22.6. The lowest BCUT2D eigenvalue weighted by Gasteiger charge is -2.48. The van der Waals surface area contributed by atoms with E-state index in [-0.39, 0.29) is 18.0 Å². The van der Waals surface area contributed by atoms with Gasteiger partial charge in [-0.3, -0.25) is 9.59 Å². The lowest BCUT2D eigenvalue weighted by atomic mass is 9.67. The van der Waals surface area contributed by atoms with Crippen molar-refractivity contribution in [1.82, 2.24) is 5.16 Å². The molecule has 8 heteroatoms. The van der Waals surface area contributed by atoms with E-state index < -0.39 is 5.41 Å². The zero-order valence-corrected chi connectivity index (χ0v) is 20.1.